The molecule has 3 heterocycles. The molecule has 0 aliphatic carbocycles. The molecule has 39 heavy (non-hydrogen) atoms. The molecular formula is C34H22N4O. The maximum absolute atomic E-state index is 6.39. The average molecular weight is 503 g/mol. The Morgan fingerprint density at radius 2 is 1.23 bits per heavy atom. The van der Waals surface area contributed by atoms with Crippen molar-refractivity contribution in [2.75, 3.05) is 0 Å². The fraction of sp³-hybridized carbons (Fsp3) is 0.0588. The van der Waals surface area contributed by atoms with E-state index in [0.717, 1.165) is 60.1 Å². The first kappa shape index (κ1) is 22.0. The van der Waals surface area contributed by atoms with Crippen LogP contribution >= 0.6 is 0 Å². The molecule has 8 rings (SSSR count). The Morgan fingerprint density at radius 3 is 2.05 bits per heavy atom. The molecule has 0 saturated heterocycles. The molecule has 1 aliphatic rings. The van der Waals surface area contributed by atoms with Gasteiger partial charge >= 0.3 is 0 Å². The third kappa shape index (κ3) is 3.51. The van der Waals surface area contributed by atoms with E-state index in [1.54, 1.807) is 12.4 Å². The molecular weight excluding hydrogens is 480 g/mol. The molecule has 0 fully saturated rings. The number of aromatic nitrogens is 2. The van der Waals surface area contributed by atoms with Crippen molar-refractivity contribution in [1.29, 1.82) is 0 Å². The van der Waals surface area contributed by atoms with Gasteiger partial charge in [0.1, 0.15) is 0 Å². The lowest BCUT2D eigenvalue weighted by Gasteiger charge is -2.18. The zero-order valence-corrected chi connectivity index (χ0v) is 20.9. The normalized spacial score (nSPS) is 17.0. The highest BCUT2D eigenvalue weighted by Crippen LogP contribution is 2.44. The fourth-order valence-electron chi connectivity index (χ4n) is 5.80. The molecule has 5 aromatic carbocycles. The molecule has 0 amide bonds. The van der Waals surface area contributed by atoms with E-state index in [1.165, 1.54) is 5.39 Å². The minimum atomic E-state index is -0.499. The van der Waals surface area contributed by atoms with Gasteiger partial charge < -0.3 is 4.74 Å². The van der Waals surface area contributed by atoms with Gasteiger partial charge in [-0.25, -0.2) is 0 Å². The zero-order chi connectivity index (χ0) is 25.8. The van der Waals surface area contributed by atoms with Gasteiger partial charge in [0.15, 0.2) is 12.5 Å². The van der Waals surface area contributed by atoms with Crippen molar-refractivity contribution < 1.29 is 4.74 Å². The van der Waals surface area contributed by atoms with Crippen molar-refractivity contribution in [3.63, 3.8) is 0 Å². The van der Waals surface area contributed by atoms with Crippen LogP contribution in [-0.2, 0) is 4.74 Å². The van der Waals surface area contributed by atoms with Crippen molar-refractivity contribution in [2.24, 2.45) is 10.2 Å². The van der Waals surface area contributed by atoms with Crippen molar-refractivity contribution in [1.82, 2.24) is 9.97 Å². The van der Waals surface area contributed by atoms with Crippen molar-refractivity contribution in [3.8, 4) is 11.1 Å². The molecule has 0 radical (unpaired) electrons. The molecule has 2 aromatic heterocycles. The number of azo groups is 1. The van der Waals surface area contributed by atoms with E-state index >= 15 is 0 Å². The van der Waals surface area contributed by atoms with Gasteiger partial charge in [-0.2, -0.15) is 10.2 Å². The van der Waals surface area contributed by atoms with Crippen LogP contribution in [0.1, 0.15) is 23.6 Å². The van der Waals surface area contributed by atoms with Crippen LogP contribution in [0, 0.1) is 0 Å². The van der Waals surface area contributed by atoms with Crippen LogP contribution in [0.15, 0.2) is 132 Å². The molecule has 0 N–H and O–H groups in total. The predicted molar refractivity (Wildman–Crippen MR) is 155 cm³/mol. The SMILES string of the molecule is c1ccc(-c2cnc3c4ccccc4c4cc(C5N=NC(c6ccncc6)O5)c5ccccc5c4c3c2)cc1. The summed E-state index contributed by atoms with van der Waals surface area (Å²) in [6, 6.07) is 35.8. The average Bonchev–Trinajstić information content (AvgIpc) is 3.51. The van der Waals surface area contributed by atoms with Crippen molar-refractivity contribution >= 4 is 43.2 Å². The smallest absolute Gasteiger partial charge is 0.197 e. The van der Waals surface area contributed by atoms with Gasteiger partial charge in [-0.05, 0) is 56.8 Å². The van der Waals surface area contributed by atoms with Gasteiger partial charge in [-0.15, -0.1) is 0 Å². The molecule has 5 nitrogen and oxygen atoms in total. The van der Waals surface area contributed by atoms with E-state index in [2.05, 4.69) is 100 Å². The lowest BCUT2D eigenvalue weighted by molar-refractivity contribution is 0.0337. The molecule has 7 aromatic rings. The Balaban J connectivity index is 1.42. The van der Waals surface area contributed by atoms with Crippen LogP contribution in [-0.4, -0.2) is 9.97 Å². The summed E-state index contributed by atoms with van der Waals surface area (Å²) in [6.07, 6.45) is 4.54. The summed E-state index contributed by atoms with van der Waals surface area (Å²) >= 11 is 0. The standard InChI is InChI=1S/C34H22N4O/c1-2-8-21(9-3-1)23-18-30-31-26-12-6-4-10-24(26)29(34-38-37-33(39-34)22-14-16-35-17-15-22)19-28(31)25-11-5-7-13-27(25)32(30)36-20-23/h1-20,33-34H. The van der Waals surface area contributed by atoms with E-state index < -0.39 is 12.5 Å². The molecule has 0 bridgehead atoms. The number of hydrogen-bond acceptors (Lipinski definition) is 5. The predicted octanol–water partition coefficient (Wildman–Crippen LogP) is 8.94. The summed E-state index contributed by atoms with van der Waals surface area (Å²) in [5.74, 6) is 0. The number of rotatable bonds is 3. The molecule has 5 heteroatoms. The first-order valence-electron chi connectivity index (χ1n) is 13.0. The third-order valence-electron chi connectivity index (χ3n) is 7.60. The van der Waals surface area contributed by atoms with Gasteiger partial charge in [-0.3, -0.25) is 9.97 Å². The van der Waals surface area contributed by atoms with Gasteiger partial charge in [0.25, 0.3) is 0 Å². The Kier molecular flexibility index (Phi) is 4.96. The number of benzene rings is 5. The lowest BCUT2D eigenvalue weighted by atomic mass is 9.89. The maximum atomic E-state index is 6.39. The van der Waals surface area contributed by atoms with Gasteiger partial charge in [0, 0.05) is 46.1 Å². The van der Waals surface area contributed by atoms with E-state index in [1.807, 2.05) is 24.4 Å². The Bertz CT molecular complexity index is 2060. The highest BCUT2D eigenvalue weighted by Gasteiger charge is 2.28. The van der Waals surface area contributed by atoms with Crippen molar-refractivity contribution in [3.05, 3.63) is 133 Å². The lowest BCUT2D eigenvalue weighted by Crippen LogP contribution is -2.02. The topological polar surface area (TPSA) is 59.7 Å². The minimum absolute atomic E-state index is 0.446. The second-order valence-corrected chi connectivity index (χ2v) is 9.82. The van der Waals surface area contributed by atoms with Gasteiger partial charge in [0.05, 0.1) is 5.52 Å². The van der Waals surface area contributed by atoms with Gasteiger partial charge in [-0.1, -0.05) is 78.9 Å². The largest absolute Gasteiger partial charge is 0.319 e. The Hall–Kier alpha value is -5.00. The fourth-order valence-corrected chi connectivity index (χ4v) is 5.80. The molecule has 2 unspecified atom stereocenters. The van der Waals surface area contributed by atoms with Crippen LogP contribution in [0.4, 0.5) is 0 Å². The van der Waals surface area contributed by atoms with E-state index in [4.69, 9.17) is 9.72 Å². The summed E-state index contributed by atoms with van der Waals surface area (Å²) in [7, 11) is 0. The first-order chi connectivity index (χ1) is 19.3. The molecule has 0 spiro atoms. The first-order valence-corrected chi connectivity index (χ1v) is 13.0. The minimum Gasteiger partial charge on any atom is -0.319 e. The highest BCUT2D eigenvalue weighted by molar-refractivity contribution is 6.31. The Morgan fingerprint density at radius 1 is 0.538 bits per heavy atom. The zero-order valence-electron chi connectivity index (χ0n) is 20.9. The summed E-state index contributed by atoms with van der Waals surface area (Å²) in [5, 5.41) is 17.1. The van der Waals surface area contributed by atoms with E-state index in [9.17, 15) is 0 Å². The number of hydrogen-bond donors (Lipinski definition) is 0. The number of fused-ring (bicyclic) bond motifs is 8. The Labute approximate surface area is 224 Å². The molecule has 2 atom stereocenters. The van der Waals surface area contributed by atoms with E-state index in [0.29, 0.717) is 0 Å². The third-order valence-corrected chi connectivity index (χ3v) is 7.60. The summed E-state index contributed by atoms with van der Waals surface area (Å²) in [5.41, 5.74) is 5.20. The van der Waals surface area contributed by atoms with Gasteiger partial charge in [0.2, 0.25) is 0 Å². The van der Waals surface area contributed by atoms with Crippen LogP contribution in [0.3, 0.4) is 0 Å². The summed E-state index contributed by atoms with van der Waals surface area (Å²) < 4.78 is 6.39. The second kappa shape index (κ2) is 8.79. The van der Waals surface area contributed by atoms with E-state index in [-0.39, 0.29) is 0 Å². The number of nitrogens with zero attached hydrogens (tertiary/aromatic N) is 4. The molecule has 0 saturated carbocycles. The van der Waals surface area contributed by atoms with Crippen LogP contribution in [0.5, 0.6) is 0 Å². The van der Waals surface area contributed by atoms with Crippen LogP contribution in [0.25, 0.3) is 54.3 Å². The number of ether oxygens (including phenoxy) is 1. The monoisotopic (exact) mass is 502 g/mol. The van der Waals surface area contributed by atoms with Crippen molar-refractivity contribution in [2.45, 2.75) is 12.5 Å². The highest BCUT2D eigenvalue weighted by atomic mass is 16.5. The number of pyridine rings is 2. The summed E-state index contributed by atoms with van der Waals surface area (Å²) in [4.78, 5) is 9.14. The molecule has 184 valence electrons. The second-order valence-electron chi connectivity index (χ2n) is 9.82. The maximum Gasteiger partial charge on any atom is 0.197 e. The summed E-state index contributed by atoms with van der Waals surface area (Å²) in [6.45, 7) is 0. The quantitative estimate of drug-likeness (QED) is 0.227. The van der Waals surface area contributed by atoms with Crippen LogP contribution in [0.2, 0.25) is 0 Å². The molecule has 1 aliphatic heterocycles. The van der Waals surface area contributed by atoms with Crippen LogP contribution < -0.4 is 0 Å².